The minimum Gasteiger partial charge on any atom is -0.550 e. The summed E-state index contributed by atoms with van der Waals surface area (Å²) in [4.78, 5) is 11.3. The standard InChI is InChI=1S/C44H81NO2/c1-3-5-7-9-11-13-15-17-19-21-23-25-27-32-39-45(41-34-37-44(46)47,42-38-43-35-30-29-31-36-43)40-33-28-26-24-22-20-18-16-14-12-10-8-6-4-2/h29-31,35-36H,3-28,32-34,37-42H2,1-2H3. The van der Waals surface area contributed by atoms with Gasteiger partial charge in [-0.2, -0.15) is 0 Å². The average molecular weight is 656 g/mol. The summed E-state index contributed by atoms with van der Waals surface area (Å²) < 4.78 is 1.10. The van der Waals surface area contributed by atoms with Crippen LogP contribution in [-0.2, 0) is 11.2 Å². The maximum absolute atomic E-state index is 11.3. The number of unbranched alkanes of at least 4 members (excludes halogenated alkanes) is 26. The highest BCUT2D eigenvalue weighted by Gasteiger charge is 2.26. The highest BCUT2D eigenvalue weighted by molar-refractivity contribution is 5.64. The molecule has 0 aliphatic rings. The van der Waals surface area contributed by atoms with Gasteiger partial charge in [-0.3, -0.25) is 0 Å². The van der Waals surface area contributed by atoms with Crippen molar-refractivity contribution in [3.05, 3.63) is 35.9 Å². The fourth-order valence-corrected chi connectivity index (χ4v) is 7.52. The van der Waals surface area contributed by atoms with Crippen molar-refractivity contribution in [2.75, 3.05) is 26.2 Å². The molecule has 0 heterocycles. The van der Waals surface area contributed by atoms with Gasteiger partial charge in [0.25, 0.3) is 0 Å². The molecule has 0 unspecified atom stereocenters. The van der Waals surface area contributed by atoms with E-state index in [9.17, 15) is 9.90 Å². The first kappa shape index (κ1) is 43.7. The van der Waals surface area contributed by atoms with Gasteiger partial charge in [-0.05, 0) is 37.7 Å². The van der Waals surface area contributed by atoms with Crippen molar-refractivity contribution in [3.8, 4) is 0 Å². The second-order valence-corrected chi connectivity index (χ2v) is 15.1. The number of benzene rings is 1. The van der Waals surface area contributed by atoms with Gasteiger partial charge in [-0.15, -0.1) is 0 Å². The summed E-state index contributed by atoms with van der Waals surface area (Å²) in [5, 5.41) is 11.3. The maximum Gasteiger partial charge on any atom is 0.0827 e. The number of hydrogen-bond donors (Lipinski definition) is 0. The first-order valence-corrected chi connectivity index (χ1v) is 21.2. The van der Waals surface area contributed by atoms with Crippen LogP contribution in [0.25, 0.3) is 0 Å². The number of carboxylic acids is 1. The molecule has 1 aromatic carbocycles. The Morgan fingerprint density at radius 2 is 0.766 bits per heavy atom. The van der Waals surface area contributed by atoms with Crippen LogP contribution in [0.4, 0.5) is 0 Å². The summed E-state index contributed by atoms with van der Waals surface area (Å²) in [7, 11) is 0. The van der Waals surface area contributed by atoms with E-state index in [-0.39, 0.29) is 6.42 Å². The summed E-state index contributed by atoms with van der Waals surface area (Å²) in [5.41, 5.74) is 1.41. The minimum atomic E-state index is -0.890. The summed E-state index contributed by atoms with van der Waals surface area (Å²) in [6.07, 6.45) is 41.0. The van der Waals surface area contributed by atoms with Crippen molar-refractivity contribution in [2.24, 2.45) is 0 Å². The molecule has 3 heteroatoms. The molecule has 0 N–H and O–H groups in total. The zero-order valence-corrected chi connectivity index (χ0v) is 31.9. The van der Waals surface area contributed by atoms with E-state index < -0.39 is 5.97 Å². The fourth-order valence-electron chi connectivity index (χ4n) is 7.52. The summed E-state index contributed by atoms with van der Waals surface area (Å²) in [6, 6.07) is 10.9. The Labute approximate surface area is 294 Å². The van der Waals surface area contributed by atoms with Crippen molar-refractivity contribution in [3.63, 3.8) is 0 Å². The molecule has 274 valence electrons. The number of rotatable bonds is 37. The van der Waals surface area contributed by atoms with Gasteiger partial charge < -0.3 is 14.4 Å². The summed E-state index contributed by atoms with van der Waals surface area (Å²) in [5.74, 6) is -0.890. The van der Waals surface area contributed by atoms with E-state index >= 15 is 0 Å². The van der Waals surface area contributed by atoms with Crippen LogP contribution in [0.3, 0.4) is 0 Å². The smallest absolute Gasteiger partial charge is 0.0827 e. The third kappa shape index (κ3) is 28.2. The molecule has 0 radical (unpaired) electrons. The first-order valence-electron chi connectivity index (χ1n) is 21.2. The number of carbonyl (C=O) groups is 1. The molecule has 0 spiro atoms. The van der Waals surface area contributed by atoms with Crippen molar-refractivity contribution >= 4 is 5.97 Å². The van der Waals surface area contributed by atoms with Crippen LogP contribution in [0, 0.1) is 0 Å². The Balaban J connectivity index is 2.41. The van der Waals surface area contributed by atoms with Gasteiger partial charge in [-0.1, -0.05) is 198 Å². The number of quaternary nitrogens is 1. The number of carbonyl (C=O) groups excluding carboxylic acids is 1. The Morgan fingerprint density at radius 1 is 0.447 bits per heavy atom. The number of nitrogens with zero attached hydrogens (tertiary/aromatic N) is 1. The van der Waals surface area contributed by atoms with Gasteiger partial charge in [0.05, 0.1) is 26.2 Å². The summed E-state index contributed by atoms with van der Waals surface area (Å²) in [6.45, 7) is 9.12. The van der Waals surface area contributed by atoms with Crippen molar-refractivity contribution in [1.29, 1.82) is 0 Å². The van der Waals surface area contributed by atoms with Crippen LogP contribution in [-0.4, -0.2) is 36.6 Å². The van der Waals surface area contributed by atoms with E-state index in [1.165, 1.54) is 198 Å². The highest BCUT2D eigenvalue weighted by atomic mass is 16.4. The molecule has 3 nitrogen and oxygen atoms in total. The lowest BCUT2D eigenvalue weighted by Crippen LogP contribution is -2.51. The number of hydrogen-bond acceptors (Lipinski definition) is 2. The second kappa shape index (κ2) is 33.2. The van der Waals surface area contributed by atoms with Crippen molar-refractivity contribution < 1.29 is 14.4 Å². The van der Waals surface area contributed by atoms with Gasteiger partial charge in [-0.25, -0.2) is 0 Å². The summed E-state index contributed by atoms with van der Waals surface area (Å²) >= 11 is 0. The predicted octanol–water partition coefficient (Wildman–Crippen LogP) is 12.5. The molecule has 1 aromatic rings. The van der Waals surface area contributed by atoms with Gasteiger partial charge >= 0.3 is 0 Å². The topological polar surface area (TPSA) is 40.1 Å². The van der Waals surface area contributed by atoms with Crippen LogP contribution in [0.1, 0.15) is 212 Å². The average Bonchev–Trinajstić information content (AvgIpc) is 3.08. The molecule has 0 saturated carbocycles. The quantitative estimate of drug-likeness (QED) is 0.0528. The van der Waals surface area contributed by atoms with Crippen LogP contribution >= 0.6 is 0 Å². The van der Waals surface area contributed by atoms with Crippen LogP contribution in [0.15, 0.2) is 30.3 Å². The molecule has 0 atom stereocenters. The molecule has 0 aliphatic carbocycles. The van der Waals surface area contributed by atoms with Crippen LogP contribution in [0.5, 0.6) is 0 Å². The lowest BCUT2D eigenvalue weighted by Gasteiger charge is -2.39. The maximum atomic E-state index is 11.3. The van der Waals surface area contributed by atoms with Crippen LogP contribution < -0.4 is 5.11 Å². The first-order chi connectivity index (χ1) is 23.1. The van der Waals surface area contributed by atoms with Gasteiger partial charge in [0.1, 0.15) is 0 Å². The zero-order chi connectivity index (χ0) is 33.9. The molecular formula is C44H81NO2. The second-order valence-electron chi connectivity index (χ2n) is 15.1. The van der Waals surface area contributed by atoms with E-state index in [2.05, 4.69) is 44.2 Å². The van der Waals surface area contributed by atoms with Gasteiger partial charge in [0, 0.05) is 18.8 Å². The van der Waals surface area contributed by atoms with E-state index in [0.717, 1.165) is 30.4 Å². The van der Waals surface area contributed by atoms with E-state index in [0.29, 0.717) is 0 Å². The molecule has 47 heavy (non-hydrogen) atoms. The third-order valence-electron chi connectivity index (χ3n) is 10.7. The molecular weight excluding hydrogens is 574 g/mol. The SMILES string of the molecule is CCCCCCCCCCCCCCCC[N+](CCCCCCCCCCCCCCCC)(CCCC(=O)[O-])CCc1ccccc1. The van der Waals surface area contributed by atoms with Gasteiger partial charge in [0.15, 0.2) is 0 Å². The minimum absolute atomic E-state index is 0.197. The molecule has 0 aromatic heterocycles. The van der Waals surface area contributed by atoms with Crippen LogP contribution in [0.2, 0.25) is 0 Å². The molecule has 1 rings (SSSR count). The molecule has 0 aliphatic heterocycles. The molecule has 0 bridgehead atoms. The highest BCUT2D eigenvalue weighted by Crippen LogP contribution is 2.20. The Kier molecular flexibility index (Phi) is 30.8. The molecule has 0 saturated heterocycles. The van der Waals surface area contributed by atoms with E-state index in [1.807, 2.05) is 0 Å². The molecule has 0 fully saturated rings. The Bertz CT molecular complexity index is 746. The van der Waals surface area contributed by atoms with E-state index in [4.69, 9.17) is 0 Å². The monoisotopic (exact) mass is 656 g/mol. The van der Waals surface area contributed by atoms with Crippen molar-refractivity contribution in [1.82, 2.24) is 0 Å². The number of carboxylic acid groups (broad SMARTS) is 1. The van der Waals surface area contributed by atoms with Gasteiger partial charge in [0.2, 0.25) is 0 Å². The third-order valence-corrected chi connectivity index (χ3v) is 10.7. The normalized spacial score (nSPS) is 11.8. The Hall–Kier alpha value is -1.35. The molecule has 0 amide bonds. The Morgan fingerprint density at radius 3 is 1.11 bits per heavy atom. The lowest BCUT2D eigenvalue weighted by molar-refractivity contribution is -0.928. The lowest BCUT2D eigenvalue weighted by atomic mass is 10.0. The van der Waals surface area contributed by atoms with E-state index in [1.54, 1.807) is 0 Å². The predicted molar refractivity (Wildman–Crippen MR) is 205 cm³/mol. The largest absolute Gasteiger partial charge is 0.550 e. The fraction of sp³-hybridized carbons (Fsp3) is 0.841. The number of aliphatic carboxylic acids is 1. The van der Waals surface area contributed by atoms with Crippen molar-refractivity contribution in [2.45, 2.75) is 213 Å². The zero-order valence-electron chi connectivity index (χ0n) is 31.9.